The number of aliphatic carboxylic acids is 1. The minimum Gasteiger partial charge on any atom is -0.481 e. The fourth-order valence-electron chi connectivity index (χ4n) is 4.17. The molecule has 7 heteroatoms. The van der Waals surface area contributed by atoms with Gasteiger partial charge in [-0.25, -0.2) is 13.6 Å². The van der Waals surface area contributed by atoms with Gasteiger partial charge in [-0.1, -0.05) is 12.8 Å². The van der Waals surface area contributed by atoms with E-state index in [4.69, 9.17) is 5.11 Å². The van der Waals surface area contributed by atoms with Crippen LogP contribution in [0.25, 0.3) is 0 Å². The van der Waals surface area contributed by atoms with Gasteiger partial charge >= 0.3 is 12.0 Å². The van der Waals surface area contributed by atoms with Gasteiger partial charge in [-0.3, -0.25) is 4.79 Å². The smallest absolute Gasteiger partial charge is 0.318 e. The van der Waals surface area contributed by atoms with Gasteiger partial charge in [-0.2, -0.15) is 0 Å². The number of carbonyl (C=O) groups excluding carboxylic acids is 1. The van der Waals surface area contributed by atoms with E-state index in [1.807, 2.05) is 0 Å². The van der Waals surface area contributed by atoms with Crippen LogP contribution in [-0.2, 0) is 11.3 Å². The molecule has 2 aliphatic carbocycles. The summed E-state index contributed by atoms with van der Waals surface area (Å²) in [7, 11) is 0. The summed E-state index contributed by atoms with van der Waals surface area (Å²) in [6.45, 7) is 0.0323. The van der Waals surface area contributed by atoms with Gasteiger partial charge < -0.3 is 15.3 Å². The number of carboxylic acids is 1. The molecule has 0 saturated heterocycles. The van der Waals surface area contributed by atoms with E-state index in [0.717, 1.165) is 43.9 Å². The first-order chi connectivity index (χ1) is 12.9. The molecule has 1 aromatic rings. The fraction of sp³-hybridized carbons (Fsp3) is 0.600. The third kappa shape index (κ3) is 4.96. The van der Waals surface area contributed by atoms with E-state index in [0.29, 0.717) is 25.7 Å². The third-order valence-corrected chi connectivity index (χ3v) is 5.78. The summed E-state index contributed by atoms with van der Waals surface area (Å²) in [4.78, 5) is 25.6. The summed E-state index contributed by atoms with van der Waals surface area (Å²) in [6.07, 6.45) is 6.08. The van der Waals surface area contributed by atoms with Gasteiger partial charge in [0.2, 0.25) is 0 Å². The SMILES string of the molecule is O=C(O)C1CCC(NC(=O)N(Cc2cc(F)ccc2F)C2CCCC2)CC1. The predicted octanol–water partition coefficient (Wildman–Crippen LogP) is 4.06. The second-order valence-corrected chi connectivity index (χ2v) is 7.64. The lowest BCUT2D eigenvalue weighted by Crippen LogP contribution is -2.49. The van der Waals surface area contributed by atoms with Crippen LogP contribution in [0.3, 0.4) is 0 Å². The summed E-state index contributed by atoms with van der Waals surface area (Å²) < 4.78 is 27.6. The van der Waals surface area contributed by atoms with Crippen LogP contribution >= 0.6 is 0 Å². The second-order valence-electron chi connectivity index (χ2n) is 7.64. The number of carboxylic acid groups (broad SMARTS) is 1. The quantitative estimate of drug-likeness (QED) is 0.809. The molecular weight excluding hydrogens is 354 g/mol. The molecule has 148 valence electrons. The Morgan fingerprint density at radius 1 is 1.07 bits per heavy atom. The van der Waals surface area contributed by atoms with Crippen molar-refractivity contribution in [3.05, 3.63) is 35.4 Å². The summed E-state index contributed by atoms with van der Waals surface area (Å²) in [6, 6.07) is 2.96. The Kier molecular flexibility index (Phi) is 6.29. The number of amides is 2. The van der Waals surface area contributed by atoms with Crippen molar-refractivity contribution in [3.8, 4) is 0 Å². The van der Waals surface area contributed by atoms with Crippen molar-refractivity contribution >= 4 is 12.0 Å². The van der Waals surface area contributed by atoms with Crippen molar-refractivity contribution in [1.82, 2.24) is 10.2 Å². The standard InChI is InChI=1S/C20H26F2N2O3/c21-15-7-10-18(22)14(11-15)12-24(17-3-1-2-4-17)20(27)23-16-8-5-13(6-9-16)19(25)26/h7,10-11,13,16-17H,1-6,8-9,12H2,(H,23,27)(H,25,26). The first-order valence-corrected chi connectivity index (χ1v) is 9.68. The first-order valence-electron chi connectivity index (χ1n) is 9.68. The van der Waals surface area contributed by atoms with Crippen LogP contribution in [0, 0.1) is 17.6 Å². The van der Waals surface area contributed by atoms with Gasteiger partial charge in [0.05, 0.1) is 12.5 Å². The van der Waals surface area contributed by atoms with Crippen molar-refractivity contribution in [3.63, 3.8) is 0 Å². The lowest BCUT2D eigenvalue weighted by molar-refractivity contribution is -0.142. The highest BCUT2D eigenvalue weighted by Gasteiger charge is 2.31. The fourth-order valence-corrected chi connectivity index (χ4v) is 4.17. The molecule has 1 aromatic carbocycles. The van der Waals surface area contributed by atoms with Gasteiger partial charge in [0.15, 0.2) is 0 Å². The molecule has 27 heavy (non-hydrogen) atoms. The summed E-state index contributed by atoms with van der Waals surface area (Å²) in [5.41, 5.74) is 0.173. The third-order valence-electron chi connectivity index (χ3n) is 5.78. The minimum absolute atomic E-state index is 0.0167. The average molecular weight is 380 g/mol. The molecule has 0 unspecified atom stereocenters. The van der Waals surface area contributed by atoms with Crippen LogP contribution in [0.4, 0.5) is 13.6 Å². The number of nitrogens with zero attached hydrogens (tertiary/aromatic N) is 1. The maximum Gasteiger partial charge on any atom is 0.318 e. The van der Waals surface area contributed by atoms with Crippen molar-refractivity contribution in [2.45, 2.75) is 70.0 Å². The Balaban J connectivity index is 1.66. The normalized spacial score (nSPS) is 23.2. The molecule has 0 radical (unpaired) electrons. The topological polar surface area (TPSA) is 69.6 Å². The Labute approximate surface area is 157 Å². The number of nitrogens with one attached hydrogen (secondary N) is 1. The van der Waals surface area contributed by atoms with Gasteiger partial charge in [0.25, 0.3) is 0 Å². The maximum absolute atomic E-state index is 14.1. The van der Waals surface area contributed by atoms with Gasteiger partial charge in [-0.15, -0.1) is 0 Å². The van der Waals surface area contributed by atoms with E-state index in [9.17, 15) is 18.4 Å². The molecule has 2 fully saturated rings. The highest BCUT2D eigenvalue weighted by molar-refractivity contribution is 5.75. The van der Waals surface area contributed by atoms with Crippen LogP contribution < -0.4 is 5.32 Å². The van der Waals surface area contributed by atoms with E-state index in [2.05, 4.69) is 5.32 Å². The Hall–Kier alpha value is -2.18. The Bertz CT molecular complexity index is 684. The van der Waals surface area contributed by atoms with Crippen molar-refractivity contribution in [2.75, 3.05) is 0 Å². The molecule has 2 saturated carbocycles. The molecule has 2 amide bonds. The summed E-state index contributed by atoms with van der Waals surface area (Å²) in [5.74, 6) is -2.17. The van der Waals surface area contributed by atoms with Crippen molar-refractivity contribution < 1.29 is 23.5 Å². The zero-order valence-electron chi connectivity index (χ0n) is 15.3. The largest absolute Gasteiger partial charge is 0.481 e. The Morgan fingerprint density at radius 3 is 2.37 bits per heavy atom. The first kappa shape index (κ1) is 19.6. The predicted molar refractivity (Wildman–Crippen MR) is 96.1 cm³/mol. The number of halogens is 2. The Morgan fingerprint density at radius 2 is 1.74 bits per heavy atom. The lowest BCUT2D eigenvalue weighted by Gasteiger charge is -2.33. The van der Waals surface area contributed by atoms with E-state index in [-0.39, 0.29) is 36.1 Å². The maximum atomic E-state index is 14.1. The molecule has 2 N–H and O–H groups in total. The minimum atomic E-state index is -0.783. The van der Waals surface area contributed by atoms with Crippen LogP contribution in [-0.4, -0.2) is 34.1 Å². The van der Waals surface area contributed by atoms with Crippen molar-refractivity contribution in [1.29, 1.82) is 0 Å². The number of urea groups is 1. The molecule has 0 aromatic heterocycles. The molecule has 5 nitrogen and oxygen atoms in total. The molecule has 0 heterocycles. The molecular formula is C20H26F2N2O3. The van der Waals surface area contributed by atoms with E-state index in [1.165, 1.54) is 0 Å². The summed E-state index contributed by atoms with van der Waals surface area (Å²) in [5, 5.41) is 12.1. The average Bonchev–Trinajstić information content (AvgIpc) is 3.17. The molecule has 0 aliphatic heterocycles. The molecule has 0 spiro atoms. The van der Waals surface area contributed by atoms with Gasteiger partial charge in [-0.05, 0) is 56.7 Å². The number of rotatable bonds is 5. The summed E-state index contributed by atoms with van der Waals surface area (Å²) >= 11 is 0. The zero-order chi connectivity index (χ0) is 19.4. The van der Waals surface area contributed by atoms with Crippen LogP contribution in [0.1, 0.15) is 56.9 Å². The lowest BCUT2D eigenvalue weighted by atomic mass is 9.86. The van der Waals surface area contributed by atoms with Gasteiger partial charge in [0, 0.05) is 17.6 Å². The highest BCUT2D eigenvalue weighted by Crippen LogP contribution is 2.28. The van der Waals surface area contributed by atoms with E-state index in [1.54, 1.807) is 4.90 Å². The number of carbonyl (C=O) groups is 2. The molecule has 0 bridgehead atoms. The van der Waals surface area contributed by atoms with E-state index >= 15 is 0 Å². The number of hydrogen-bond acceptors (Lipinski definition) is 2. The molecule has 2 aliphatic rings. The van der Waals surface area contributed by atoms with Crippen LogP contribution in [0.15, 0.2) is 18.2 Å². The highest BCUT2D eigenvalue weighted by atomic mass is 19.1. The number of hydrogen-bond donors (Lipinski definition) is 2. The number of benzene rings is 1. The van der Waals surface area contributed by atoms with E-state index < -0.39 is 17.6 Å². The second kappa shape index (κ2) is 8.67. The van der Waals surface area contributed by atoms with Crippen LogP contribution in [0.5, 0.6) is 0 Å². The molecule has 0 atom stereocenters. The monoisotopic (exact) mass is 380 g/mol. The molecule has 3 rings (SSSR count). The zero-order valence-corrected chi connectivity index (χ0v) is 15.3. The van der Waals surface area contributed by atoms with Crippen molar-refractivity contribution in [2.24, 2.45) is 5.92 Å². The van der Waals surface area contributed by atoms with Gasteiger partial charge in [0.1, 0.15) is 11.6 Å². The van der Waals surface area contributed by atoms with Crippen LogP contribution in [0.2, 0.25) is 0 Å².